The second-order valence-corrected chi connectivity index (χ2v) is 6.27. The van der Waals surface area contributed by atoms with Crippen LogP contribution in [0.2, 0.25) is 0 Å². The minimum atomic E-state index is -0.626. The van der Waals surface area contributed by atoms with Gasteiger partial charge in [-0.05, 0) is 18.4 Å². The summed E-state index contributed by atoms with van der Waals surface area (Å²) in [5.41, 5.74) is 1.57. The highest BCUT2D eigenvalue weighted by Crippen LogP contribution is 2.16. The summed E-state index contributed by atoms with van der Waals surface area (Å²) in [5.74, 6) is -0.362. The maximum absolute atomic E-state index is 12.1. The monoisotopic (exact) mass is 364 g/mol. The first-order valence-electron chi connectivity index (χ1n) is 7.89. The summed E-state index contributed by atoms with van der Waals surface area (Å²) >= 11 is 1.59. The molecule has 0 N–H and O–H groups in total. The summed E-state index contributed by atoms with van der Waals surface area (Å²) in [6.07, 6.45) is 4.76. The van der Waals surface area contributed by atoms with Gasteiger partial charge in [0.05, 0.1) is 5.56 Å². The second-order valence-electron chi connectivity index (χ2n) is 5.39. The lowest BCUT2D eigenvalue weighted by Crippen LogP contribution is -2.14. The van der Waals surface area contributed by atoms with Crippen LogP contribution in [0.15, 0.2) is 71.9 Å². The van der Waals surface area contributed by atoms with Crippen molar-refractivity contribution in [3.05, 3.63) is 78.1 Å². The molecular formula is C20H16N2O3S. The molecule has 0 unspecified atom stereocenters. The molecule has 0 fully saturated rings. The molecule has 5 nitrogen and oxygen atoms in total. The summed E-state index contributed by atoms with van der Waals surface area (Å²) in [6.45, 7) is -0.322. The van der Waals surface area contributed by atoms with E-state index in [2.05, 4.69) is 9.97 Å². The number of aromatic nitrogens is 2. The maximum atomic E-state index is 12.1. The van der Waals surface area contributed by atoms with Gasteiger partial charge >= 0.3 is 5.97 Å². The number of nitrogens with zero attached hydrogens (tertiary/aromatic N) is 2. The van der Waals surface area contributed by atoms with Gasteiger partial charge in [-0.15, -0.1) is 11.8 Å². The largest absolute Gasteiger partial charge is 0.454 e. The molecule has 0 saturated heterocycles. The van der Waals surface area contributed by atoms with Gasteiger partial charge in [0.25, 0.3) is 0 Å². The third-order valence-electron chi connectivity index (χ3n) is 3.67. The molecule has 0 bridgehead atoms. The van der Waals surface area contributed by atoms with Crippen molar-refractivity contribution in [3.8, 4) is 11.4 Å². The second kappa shape index (κ2) is 8.40. The lowest BCUT2D eigenvalue weighted by Gasteiger charge is -2.05. The zero-order chi connectivity index (χ0) is 18.4. The molecule has 0 aliphatic heterocycles. The highest BCUT2D eigenvalue weighted by atomic mass is 32.2. The van der Waals surface area contributed by atoms with E-state index in [9.17, 15) is 9.59 Å². The fourth-order valence-corrected chi connectivity index (χ4v) is 2.65. The van der Waals surface area contributed by atoms with Gasteiger partial charge in [-0.1, -0.05) is 42.5 Å². The number of thioether (sulfide) groups is 1. The smallest absolute Gasteiger partial charge is 0.341 e. The first-order valence-corrected chi connectivity index (χ1v) is 9.11. The zero-order valence-corrected chi connectivity index (χ0v) is 14.9. The normalized spacial score (nSPS) is 10.3. The number of esters is 1. The van der Waals surface area contributed by atoms with Gasteiger partial charge in [-0.2, -0.15) is 0 Å². The molecule has 26 heavy (non-hydrogen) atoms. The Balaban J connectivity index is 1.60. The third-order valence-corrected chi connectivity index (χ3v) is 4.41. The van der Waals surface area contributed by atoms with Crippen LogP contribution in [0, 0.1) is 0 Å². The molecule has 3 rings (SSSR count). The van der Waals surface area contributed by atoms with E-state index < -0.39 is 5.97 Å². The molecule has 0 radical (unpaired) electrons. The highest BCUT2D eigenvalue weighted by molar-refractivity contribution is 7.98. The van der Waals surface area contributed by atoms with Crippen molar-refractivity contribution < 1.29 is 14.3 Å². The van der Waals surface area contributed by atoms with Crippen LogP contribution in [-0.2, 0) is 4.74 Å². The van der Waals surface area contributed by atoms with Crippen molar-refractivity contribution >= 4 is 23.5 Å². The minimum Gasteiger partial charge on any atom is -0.454 e. The summed E-state index contributed by atoms with van der Waals surface area (Å²) in [4.78, 5) is 33.6. The Bertz CT molecular complexity index is 895. The van der Waals surface area contributed by atoms with E-state index in [1.54, 1.807) is 23.9 Å². The molecule has 0 spiro atoms. The molecule has 1 heterocycles. The fourth-order valence-electron chi connectivity index (χ4n) is 2.24. The van der Waals surface area contributed by atoms with E-state index in [4.69, 9.17) is 4.74 Å². The lowest BCUT2D eigenvalue weighted by molar-refractivity contribution is 0.0474. The number of rotatable bonds is 6. The summed E-state index contributed by atoms with van der Waals surface area (Å²) in [5, 5.41) is 0. The van der Waals surface area contributed by atoms with Crippen molar-refractivity contribution in [2.75, 3.05) is 12.9 Å². The molecular weight excluding hydrogens is 348 g/mol. The molecule has 0 aliphatic rings. The zero-order valence-electron chi connectivity index (χ0n) is 14.1. The van der Waals surface area contributed by atoms with E-state index in [0.29, 0.717) is 11.4 Å². The first kappa shape index (κ1) is 17.8. The Labute approximate surface area is 155 Å². The summed E-state index contributed by atoms with van der Waals surface area (Å²) in [7, 11) is 0. The van der Waals surface area contributed by atoms with Crippen molar-refractivity contribution in [1.82, 2.24) is 9.97 Å². The van der Waals surface area contributed by atoms with Crippen molar-refractivity contribution in [3.63, 3.8) is 0 Å². The van der Waals surface area contributed by atoms with Gasteiger partial charge in [-0.3, -0.25) is 4.79 Å². The Hall–Kier alpha value is -2.99. The van der Waals surface area contributed by atoms with Gasteiger partial charge in [0.15, 0.2) is 18.2 Å². The number of Topliss-reactive ketones (excluding diaryl/α,β-unsaturated/α-hetero) is 1. The van der Waals surface area contributed by atoms with Gasteiger partial charge in [-0.25, -0.2) is 14.8 Å². The molecule has 0 amide bonds. The topological polar surface area (TPSA) is 69.2 Å². The Morgan fingerprint density at radius 1 is 0.923 bits per heavy atom. The van der Waals surface area contributed by atoms with Gasteiger partial charge in [0, 0.05) is 28.4 Å². The van der Waals surface area contributed by atoms with Crippen LogP contribution >= 0.6 is 11.8 Å². The Morgan fingerprint density at radius 2 is 1.58 bits per heavy atom. The Kier molecular flexibility index (Phi) is 5.76. The van der Waals surface area contributed by atoms with Crippen molar-refractivity contribution in [2.24, 2.45) is 0 Å². The highest BCUT2D eigenvalue weighted by Gasteiger charge is 2.13. The van der Waals surface area contributed by atoms with Crippen LogP contribution in [0.4, 0.5) is 0 Å². The van der Waals surface area contributed by atoms with E-state index in [-0.39, 0.29) is 18.0 Å². The standard InChI is InChI=1S/C20H16N2O3S/c1-26-17-9-7-14(8-10-17)18(23)13-25-20(24)16-11-21-19(22-12-16)15-5-3-2-4-6-15/h2-12H,13H2,1H3. The predicted octanol–water partition coefficient (Wildman–Crippen LogP) is 3.91. The lowest BCUT2D eigenvalue weighted by atomic mass is 10.1. The molecule has 0 atom stereocenters. The fraction of sp³-hybridized carbons (Fsp3) is 0.100. The van der Waals surface area contributed by atoms with Crippen LogP contribution < -0.4 is 0 Å². The van der Waals surface area contributed by atoms with Crippen LogP contribution in [-0.4, -0.2) is 34.6 Å². The van der Waals surface area contributed by atoms with Crippen LogP contribution in [0.5, 0.6) is 0 Å². The molecule has 1 aromatic heterocycles. The third kappa shape index (κ3) is 4.34. The number of ether oxygens (including phenoxy) is 1. The van der Waals surface area contributed by atoms with Crippen LogP contribution in [0.1, 0.15) is 20.7 Å². The molecule has 130 valence electrons. The number of benzene rings is 2. The average molecular weight is 364 g/mol. The van der Waals surface area contributed by atoms with E-state index in [1.807, 2.05) is 48.7 Å². The van der Waals surface area contributed by atoms with E-state index in [0.717, 1.165) is 10.5 Å². The molecule has 0 saturated carbocycles. The quantitative estimate of drug-likeness (QED) is 0.375. The van der Waals surface area contributed by atoms with E-state index >= 15 is 0 Å². The van der Waals surface area contributed by atoms with Crippen LogP contribution in [0.3, 0.4) is 0 Å². The minimum absolute atomic E-state index is 0.204. The van der Waals surface area contributed by atoms with Crippen LogP contribution in [0.25, 0.3) is 11.4 Å². The van der Waals surface area contributed by atoms with E-state index in [1.165, 1.54) is 12.4 Å². The number of ketones is 1. The van der Waals surface area contributed by atoms with Gasteiger partial charge in [0.1, 0.15) is 0 Å². The number of hydrogen-bond acceptors (Lipinski definition) is 6. The predicted molar refractivity (Wildman–Crippen MR) is 100 cm³/mol. The first-order chi connectivity index (χ1) is 12.7. The number of carbonyl (C=O) groups excluding carboxylic acids is 2. The molecule has 0 aliphatic carbocycles. The number of hydrogen-bond donors (Lipinski definition) is 0. The number of carbonyl (C=O) groups is 2. The maximum Gasteiger partial charge on any atom is 0.341 e. The van der Waals surface area contributed by atoms with Gasteiger partial charge < -0.3 is 4.74 Å². The van der Waals surface area contributed by atoms with Crippen molar-refractivity contribution in [2.45, 2.75) is 4.90 Å². The molecule has 3 aromatic rings. The molecule has 2 aromatic carbocycles. The molecule has 6 heteroatoms. The Morgan fingerprint density at radius 3 is 2.19 bits per heavy atom. The summed E-state index contributed by atoms with van der Waals surface area (Å²) < 4.78 is 5.07. The summed E-state index contributed by atoms with van der Waals surface area (Å²) in [6, 6.07) is 16.6. The average Bonchev–Trinajstić information content (AvgIpc) is 2.72. The SMILES string of the molecule is CSc1ccc(C(=O)COC(=O)c2cnc(-c3ccccc3)nc2)cc1. The van der Waals surface area contributed by atoms with Gasteiger partial charge in [0.2, 0.25) is 0 Å². The van der Waals surface area contributed by atoms with Crippen molar-refractivity contribution in [1.29, 1.82) is 0 Å².